The summed E-state index contributed by atoms with van der Waals surface area (Å²) in [6.07, 6.45) is 6.17. The van der Waals surface area contributed by atoms with Crippen LogP contribution in [-0.2, 0) is 11.2 Å². The van der Waals surface area contributed by atoms with Crippen LogP contribution in [0, 0.1) is 11.8 Å². The second-order valence-electron chi connectivity index (χ2n) is 5.66. The molecule has 1 aromatic carbocycles. The van der Waals surface area contributed by atoms with E-state index in [1.54, 1.807) is 0 Å². The van der Waals surface area contributed by atoms with Crippen molar-refractivity contribution in [3.05, 3.63) is 29.8 Å². The normalized spacial score (nSPS) is 23.8. The van der Waals surface area contributed by atoms with Crippen LogP contribution >= 0.6 is 0 Å². The zero-order valence-corrected chi connectivity index (χ0v) is 11.2. The van der Waals surface area contributed by atoms with Gasteiger partial charge in [-0.3, -0.25) is 4.79 Å². The van der Waals surface area contributed by atoms with Gasteiger partial charge in [0.05, 0.1) is 0 Å². The van der Waals surface area contributed by atoms with E-state index in [1.165, 1.54) is 18.4 Å². The van der Waals surface area contributed by atoms with Gasteiger partial charge < -0.3 is 5.73 Å². The molecule has 0 radical (unpaired) electrons. The Bertz CT molecular complexity index is 388. The predicted molar refractivity (Wildman–Crippen MR) is 75.3 cm³/mol. The highest BCUT2D eigenvalue weighted by Gasteiger charge is 2.23. The van der Waals surface area contributed by atoms with Crippen molar-refractivity contribution >= 4 is 11.5 Å². The predicted octanol–water partition coefficient (Wildman–Crippen LogP) is 3.60. The number of benzene rings is 1. The Morgan fingerprint density at radius 2 is 1.78 bits per heavy atom. The lowest BCUT2D eigenvalue weighted by atomic mass is 9.80. The maximum atomic E-state index is 12.1. The molecule has 1 aliphatic rings. The first kappa shape index (κ1) is 13.1. The van der Waals surface area contributed by atoms with E-state index < -0.39 is 0 Å². The van der Waals surface area contributed by atoms with Gasteiger partial charge in [-0.25, -0.2) is 0 Å². The summed E-state index contributed by atoms with van der Waals surface area (Å²) >= 11 is 0. The van der Waals surface area contributed by atoms with Gasteiger partial charge in [-0.1, -0.05) is 31.9 Å². The van der Waals surface area contributed by atoms with Crippen LogP contribution in [0.5, 0.6) is 0 Å². The third-order valence-corrected chi connectivity index (χ3v) is 4.11. The van der Waals surface area contributed by atoms with Crippen LogP contribution < -0.4 is 5.73 Å². The first-order chi connectivity index (χ1) is 8.65. The van der Waals surface area contributed by atoms with E-state index in [0.717, 1.165) is 30.9 Å². The van der Waals surface area contributed by atoms with Crippen molar-refractivity contribution in [2.45, 2.75) is 45.4 Å². The van der Waals surface area contributed by atoms with E-state index in [2.05, 4.69) is 6.92 Å². The Balaban J connectivity index is 1.79. The third-order valence-electron chi connectivity index (χ3n) is 4.11. The summed E-state index contributed by atoms with van der Waals surface area (Å²) < 4.78 is 0. The van der Waals surface area contributed by atoms with E-state index in [9.17, 15) is 4.79 Å². The van der Waals surface area contributed by atoms with Gasteiger partial charge in [0, 0.05) is 18.0 Å². The summed E-state index contributed by atoms with van der Waals surface area (Å²) in [5, 5.41) is 0. The molecule has 1 fully saturated rings. The fourth-order valence-corrected chi connectivity index (χ4v) is 2.74. The van der Waals surface area contributed by atoms with Crippen molar-refractivity contribution in [1.82, 2.24) is 0 Å². The molecule has 0 heterocycles. The molecule has 0 aromatic heterocycles. The number of nitrogens with two attached hydrogens (primary N) is 1. The Kier molecular flexibility index (Phi) is 4.40. The molecule has 2 N–H and O–H groups in total. The summed E-state index contributed by atoms with van der Waals surface area (Å²) in [6.45, 7) is 2.29. The molecule has 0 amide bonds. The average molecular weight is 245 g/mol. The van der Waals surface area contributed by atoms with Gasteiger partial charge in [-0.05, 0) is 42.9 Å². The van der Waals surface area contributed by atoms with E-state index >= 15 is 0 Å². The number of hydrogen-bond acceptors (Lipinski definition) is 2. The van der Waals surface area contributed by atoms with Gasteiger partial charge in [0.15, 0.2) is 0 Å². The second kappa shape index (κ2) is 6.03. The molecule has 1 aliphatic carbocycles. The van der Waals surface area contributed by atoms with Crippen LogP contribution in [0.4, 0.5) is 5.69 Å². The highest BCUT2D eigenvalue weighted by atomic mass is 16.1. The van der Waals surface area contributed by atoms with Crippen molar-refractivity contribution in [1.29, 1.82) is 0 Å². The monoisotopic (exact) mass is 245 g/mol. The summed E-state index contributed by atoms with van der Waals surface area (Å²) in [5.74, 6) is 1.60. The van der Waals surface area contributed by atoms with Crippen molar-refractivity contribution in [3.8, 4) is 0 Å². The number of nitrogen functional groups attached to an aromatic ring is 1. The number of rotatable bonds is 4. The minimum Gasteiger partial charge on any atom is -0.399 e. The van der Waals surface area contributed by atoms with Crippen molar-refractivity contribution in [3.63, 3.8) is 0 Å². The van der Waals surface area contributed by atoms with Crippen molar-refractivity contribution in [2.75, 3.05) is 5.73 Å². The smallest absolute Gasteiger partial charge is 0.136 e. The lowest BCUT2D eigenvalue weighted by molar-refractivity contribution is -0.124. The molecule has 1 aromatic rings. The van der Waals surface area contributed by atoms with Crippen LogP contribution in [0.25, 0.3) is 0 Å². The minimum absolute atomic E-state index is 0.329. The zero-order chi connectivity index (χ0) is 13.0. The van der Waals surface area contributed by atoms with Crippen LogP contribution in [-0.4, -0.2) is 5.78 Å². The SMILES string of the molecule is CC1CCC(C(=O)CCc2ccc(N)cc2)CC1. The van der Waals surface area contributed by atoms with Gasteiger partial charge >= 0.3 is 0 Å². The molecule has 2 rings (SSSR count). The van der Waals surface area contributed by atoms with Crippen LogP contribution in [0.3, 0.4) is 0 Å². The Morgan fingerprint density at radius 1 is 1.17 bits per heavy atom. The van der Waals surface area contributed by atoms with Crippen LogP contribution in [0.1, 0.15) is 44.6 Å². The fraction of sp³-hybridized carbons (Fsp3) is 0.562. The number of Topliss-reactive ketones (excluding diaryl/α,β-unsaturated/α-hetero) is 1. The Morgan fingerprint density at radius 3 is 2.39 bits per heavy atom. The first-order valence-electron chi connectivity index (χ1n) is 7.02. The molecule has 18 heavy (non-hydrogen) atoms. The van der Waals surface area contributed by atoms with Gasteiger partial charge in [0.25, 0.3) is 0 Å². The number of aryl methyl sites for hydroxylation is 1. The summed E-state index contributed by atoms with van der Waals surface area (Å²) in [4.78, 5) is 12.1. The summed E-state index contributed by atoms with van der Waals surface area (Å²) in [5.41, 5.74) is 7.64. The largest absolute Gasteiger partial charge is 0.399 e. The van der Waals surface area contributed by atoms with Crippen molar-refractivity contribution < 1.29 is 4.79 Å². The Hall–Kier alpha value is -1.31. The number of hydrogen-bond donors (Lipinski definition) is 1. The van der Waals surface area contributed by atoms with Crippen molar-refractivity contribution in [2.24, 2.45) is 11.8 Å². The molecule has 0 atom stereocenters. The van der Waals surface area contributed by atoms with Gasteiger partial charge in [-0.15, -0.1) is 0 Å². The van der Waals surface area contributed by atoms with E-state index in [0.29, 0.717) is 18.1 Å². The number of ketones is 1. The molecule has 0 unspecified atom stereocenters. The molecule has 0 spiro atoms. The minimum atomic E-state index is 0.329. The van der Waals surface area contributed by atoms with E-state index in [-0.39, 0.29) is 0 Å². The molecule has 0 saturated heterocycles. The molecule has 0 bridgehead atoms. The van der Waals surface area contributed by atoms with E-state index in [1.807, 2.05) is 24.3 Å². The fourth-order valence-electron chi connectivity index (χ4n) is 2.74. The van der Waals surface area contributed by atoms with Gasteiger partial charge in [-0.2, -0.15) is 0 Å². The highest BCUT2D eigenvalue weighted by molar-refractivity contribution is 5.81. The zero-order valence-electron chi connectivity index (χ0n) is 11.2. The lowest BCUT2D eigenvalue weighted by Crippen LogP contribution is -2.21. The topological polar surface area (TPSA) is 43.1 Å². The Labute approximate surface area is 110 Å². The van der Waals surface area contributed by atoms with Gasteiger partial charge in [0.2, 0.25) is 0 Å². The molecule has 2 heteroatoms. The second-order valence-corrected chi connectivity index (χ2v) is 5.66. The first-order valence-corrected chi connectivity index (χ1v) is 7.02. The van der Waals surface area contributed by atoms with Gasteiger partial charge in [0.1, 0.15) is 5.78 Å². The summed E-state index contributed by atoms with van der Waals surface area (Å²) in [7, 11) is 0. The molecule has 98 valence electrons. The summed E-state index contributed by atoms with van der Waals surface area (Å²) in [6, 6.07) is 7.85. The number of carbonyl (C=O) groups excluding carboxylic acids is 1. The average Bonchev–Trinajstić information content (AvgIpc) is 2.38. The molecular weight excluding hydrogens is 222 g/mol. The van der Waals surface area contributed by atoms with Crippen LogP contribution in [0.15, 0.2) is 24.3 Å². The quantitative estimate of drug-likeness (QED) is 0.824. The lowest BCUT2D eigenvalue weighted by Gasteiger charge is -2.25. The number of carbonyl (C=O) groups is 1. The standard InChI is InChI=1S/C16H23NO/c1-12-2-7-14(8-3-12)16(18)11-6-13-4-9-15(17)10-5-13/h4-5,9-10,12,14H,2-3,6-8,11,17H2,1H3. The molecule has 0 aliphatic heterocycles. The van der Waals surface area contributed by atoms with E-state index in [4.69, 9.17) is 5.73 Å². The maximum Gasteiger partial charge on any atom is 0.136 e. The number of anilines is 1. The highest BCUT2D eigenvalue weighted by Crippen LogP contribution is 2.29. The molecule has 1 saturated carbocycles. The molecule has 2 nitrogen and oxygen atoms in total. The molecular formula is C16H23NO. The van der Waals surface area contributed by atoms with Crippen LogP contribution in [0.2, 0.25) is 0 Å². The third kappa shape index (κ3) is 3.59. The maximum absolute atomic E-state index is 12.1.